The van der Waals surface area contributed by atoms with Gasteiger partial charge in [-0.25, -0.2) is 0 Å². The van der Waals surface area contributed by atoms with Gasteiger partial charge in [0.25, 0.3) is 5.91 Å². The third-order valence-corrected chi connectivity index (χ3v) is 3.63. The molecule has 2 rings (SSSR count). The number of rotatable bonds is 8. The SMILES string of the molecule is COc1ccc(NC(N)=NCCCNC(=O)c2occc2C)cc1OC.I. The Morgan fingerprint density at radius 2 is 1.96 bits per heavy atom. The molecule has 0 saturated heterocycles. The number of carbonyl (C=O) groups is 1. The zero-order chi connectivity index (χ0) is 18.9. The minimum Gasteiger partial charge on any atom is -0.493 e. The Labute approximate surface area is 175 Å². The Morgan fingerprint density at radius 3 is 2.59 bits per heavy atom. The molecule has 0 saturated carbocycles. The Hall–Kier alpha value is -2.43. The summed E-state index contributed by atoms with van der Waals surface area (Å²) >= 11 is 0. The highest BCUT2D eigenvalue weighted by atomic mass is 127. The van der Waals surface area contributed by atoms with E-state index in [4.69, 9.17) is 19.6 Å². The highest BCUT2D eigenvalue weighted by Gasteiger charge is 2.11. The number of ether oxygens (including phenoxy) is 2. The molecule has 1 heterocycles. The number of nitrogens with zero attached hydrogens (tertiary/aromatic N) is 1. The first-order chi connectivity index (χ1) is 12.5. The Morgan fingerprint density at radius 1 is 1.22 bits per heavy atom. The number of aryl methyl sites for hydroxylation is 1. The van der Waals surface area contributed by atoms with Gasteiger partial charge in [-0.15, -0.1) is 24.0 Å². The number of hydrogen-bond donors (Lipinski definition) is 3. The van der Waals surface area contributed by atoms with Gasteiger partial charge in [-0.2, -0.15) is 0 Å². The third kappa shape index (κ3) is 6.66. The molecule has 148 valence electrons. The molecule has 0 unspecified atom stereocenters. The van der Waals surface area contributed by atoms with Crippen molar-refractivity contribution in [2.45, 2.75) is 13.3 Å². The highest BCUT2D eigenvalue weighted by Crippen LogP contribution is 2.29. The first kappa shape index (κ1) is 22.6. The Bertz CT molecular complexity index is 776. The molecule has 8 nitrogen and oxygen atoms in total. The fraction of sp³-hybridized carbons (Fsp3) is 0.333. The minimum atomic E-state index is -0.229. The van der Waals surface area contributed by atoms with Crippen molar-refractivity contribution in [3.63, 3.8) is 0 Å². The van der Waals surface area contributed by atoms with E-state index in [1.54, 1.807) is 32.4 Å². The summed E-state index contributed by atoms with van der Waals surface area (Å²) in [4.78, 5) is 16.1. The molecule has 0 spiro atoms. The molecule has 27 heavy (non-hydrogen) atoms. The second kappa shape index (κ2) is 11.3. The number of guanidine groups is 1. The molecule has 0 fully saturated rings. The summed E-state index contributed by atoms with van der Waals surface area (Å²) in [6, 6.07) is 7.11. The Kier molecular flexibility index (Phi) is 9.48. The van der Waals surface area contributed by atoms with Crippen molar-refractivity contribution in [3.8, 4) is 11.5 Å². The second-order valence-corrected chi connectivity index (χ2v) is 5.50. The number of aliphatic imine (C=N–C) groups is 1. The summed E-state index contributed by atoms with van der Waals surface area (Å²) in [6.07, 6.45) is 2.15. The fourth-order valence-electron chi connectivity index (χ4n) is 2.27. The molecule has 0 radical (unpaired) electrons. The van der Waals surface area contributed by atoms with E-state index in [1.807, 2.05) is 13.0 Å². The van der Waals surface area contributed by atoms with Crippen LogP contribution in [0, 0.1) is 6.92 Å². The zero-order valence-electron chi connectivity index (χ0n) is 15.6. The van der Waals surface area contributed by atoms with E-state index < -0.39 is 0 Å². The van der Waals surface area contributed by atoms with Crippen molar-refractivity contribution in [2.75, 3.05) is 32.6 Å². The van der Waals surface area contributed by atoms with Gasteiger partial charge in [0.05, 0.1) is 20.5 Å². The predicted molar refractivity (Wildman–Crippen MR) is 115 cm³/mol. The number of benzene rings is 1. The van der Waals surface area contributed by atoms with Crippen LogP contribution in [0.15, 0.2) is 39.9 Å². The monoisotopic (exact) mass is 488 g/mol. The first-order valence-corrected chi connectivity index (χ1v) is 8.16. The van der Waals surface area contributed by atoms with Crippen LogP contribution in [0.1, 0.15) is 22.5 Å². The van der Waals surface area contributed by atoms with Gasteiger partial charge in [0.1, 0.15) is 0 Å². The number of carbonyl (C=O) groups excluding carboxylic acids is 1. The molecule has 0 bridgehead atoms. The molecule has 0 aliphatic heterocycles. The van der Waals surface area contributed by atoms with Gasteiger partial charge in [-0.3, -0.25) is 9.79 Å². The molecule has 0 atom stereocenters. The molecule has 1 aromatic carbocycles. The summed E-state index contributed by atoms with van der Waals surface area (Å²) < 4.78 is 15.6. The lowest BCUT2D eigenvalue weighted by molar-refractivity contribution is 0.0925. The van der Waals surface area contributed by atoms with Crippen LogP contribution in [0.4, 0.5) is 5.69 Å². The zero-order valence-corrected chi connectivity index (χ0v) is 17.9. The highest BCUT2D eigenvalue weighted by molar-refractivity contribution is 14.0. The van der Waals surface area contributed by atoms with Crippen molar-refractivity contribution in [2.24, 2.45) is 10.7 Å². The van der Waals surface area contributed by atoms with Crippen molar-refractivity contribution in [1.29, 1.82) is 0 Å². The average Bonchev–Trinajstić information content (AvgIpc) is 3.07. The average molecular weight is 488 g/mol. The van der Waals surface area contributed by atoms with E-state index in [0.29, 0.717) is 36.8 Å². The summed E-state index contributed by atoms with van der Waals surface area (Å²) in [5.41, 5.74) is 7.42. The number of hydrogen-bond acceptors (Lipinski definition) is 5. The maximum atomic E-state index is 11.9. The van der Waals surface area contributed by atoms with Gasteiger partial charge in [-0.05, 0) is 31.5 Å². The molecule has 4 N–H and O–H groups in total. The van der Waals surface area contributed by atoms with E-state index in [-0.39, 0.29) is 35.8 Å². The van der Waals surface area contributed by atoms with Crippen LogP contribution < -0.4 is 25.8 Å². The van der Waals surface area contributed by atoms with E-state index >= 15 is 0 Å². The molecular formula is C18H25IN4O4. The number of furan rings is 1. The number of halogens is 1. The largest absolute Gasteiger partial charge is 0.493 e. The van der Waals surface area contributed by atoms with Gasteiger partial charge < -0.3 is 30.3 Å². The normalized spacial score (nSPS) is 10.7. The van der Waals surface area contributed by atoms with Crippen LogP contribution in [0.3, 0.4) is 0 Å². The quantitative estimate of drug-likeness (QED) is 0.228. The second-order valence-electron chi connectivity index (χ2n) is 5.50. The lowest BCUT2D eigenvalue weighted by Gasteiger charge is -2.11. The van der Waals surface area contributed by atoms with Gasteiger partial charge in [0.15, 0.2) is 23.2 Å². The number of methoxy groups -OCH3 is 2. The number of nitrogens with two attached hydrogens (primary N) is 1. The fourth-order valence-corrected chi connectivity index (χ4v) is 2.27. The van der Waals surface area contributed by atoms with Crippen molar-refractivity contribution in [1.82, 2.24) is 5.32 Å². The summed E-state index contributed by atoms with van der Waals surface area (Å²) in [7, 11) is 3.14. The van der Waals surface area contributed by atoms with Crippen molar-refractivity contribution in [3.05, 3.63) is 41.9 Å². The third-order valence-electron chi connectivity index (χ3n) is 3.63. The summed E-state index contributed by atoms with van der Waals surface area (Å²) in [6.45, 7) is 2.78. The number of nitrogens with one attached hydrogen (secondary N) is 2. The van der Waals surface area contributed by atoms with Gasteiger partial charge in [-0.1, -0.05) is 0 Å². The van der Waals surface area contributed by atoms with E-state index in [9.17, 15) is 4.79 Å². The van der Waals surface area contributed by atoms with E-state index in [1.165, 1.54) is 6.26 Å². The molecule has 0 aliphatic rings. The minimum absolute atomic E-state index is 0. The standard InChI is InChI=1S/C18H24N4O4.HI/c1-12-7-10-26-16(12)17(23)20-8-4-9-21-18(19)22-13-5-6-14(24-2)15(11-13)25-3;/h5-7,10-11H,4,8-9H2,1-3H3,(H,20,23)(H3,19,21,22);1H. The van der Waals surface area contributed by atoms with Crippen molar-refractivity contribution >= 4 is 41.5 Å². The maximum absolute atomic E-state index is 11.9. The predicted octanol–water partition coefficient (Wildman–Crippen LogP) is 2.77. The Balaban J connectivity index is 0.00000364. The molecule has 1 aromatic heterocycles. The maximum Gasteiger partial charge on any atom is 0.287 e. The van der Waals surface area contributed by atoms with Gasteiger partial charge >= 0.3 is 0 Å². The van der Waals surface area contributed by atoms with Crippen molar-refractivity contribution < 1.29 is 18.7 Å². The van der Waals surface area contributed by atoms with Crippen LogP contribution in [-0.4, -0.2) is 39.2 Å². The topological polar surface area (TPSA) is 111 Å². The molecule has 0 aliphatic carbocycles. The number of amides is 1. The van der Waals surface area contributed by atoms with Crippen LogP contribution in [0.2, 0.25) is 0 Å². The van der Waals surface area contributed by atoms with E-state index in [2.05, 4.69) is 15.6 Å². The summed E-state index contributed by atoms with van der Waals surface area (Å²) in [5, 5.41) is 5.77. The van der Waals surface area contributed by atoms with Gasteiger partial charge in [0, 0.05) is 30.4 Å². The molecule has 9 heteroatoms. The van der Waals surface area contributed by atoms with Gasteiger partial charge in [0.2, 0.25) is 0 Å². The van der Waals surface area contributed by atoms with Crippen LogP contribution in [0.25, 0.3) is 0 Å². The lowest BCUT2D eigenvalue weighted by Crippen LogP contribution is -2.26. The summed E-state index contributed by atoms with van der Waals surface area (Å²) in [5.74, 6) is 1.62. The van der Waals surface area contributed by atoms with Crippen LogP contribution >= 0.6 is 24.0 Å². The van der Waals surface area contributed by atoms with E-state index in [0.717, 1.165) is 11.3 Å². The molecule has 1 amide bonds. The smallest absolute Gasteiger partial charge is 0.287 e. The lowest BCUT2D eigenvalue weighted by atomic mass is 10.2. The molecule has 2 aromatic rings. The molecular weight excluding hydrogens is 463 g/mol. The van der Waals surface area contributed by atoms with Crippen LogP contribution in [0.5, 0.6) is 11.5 Å². The first-order valence-electron chi connectivity index (χ1n) is 8.16. The van der Waals surface area contributed by atoms with Crippen LogP contribution in [-0.2, 0) is 0 Å². The number of anilines is 1.